The number of ketones is 1. The lowest BCUT2D eigenvalue weighted by Crippen LogP contribution is -1.91. The molecule has 0 bridgehead atoms. The molecule has 1 nitrogen and oxygen atoms in total. The van der Waals surface area contributed by atoms with Crippen LogP contribution >= 0.6 is 0 Å². The van der Waals surface area contributed by atoms with Crippen molar-refractivity contribution in [1.82, 2.24) is 0 Å². The van der Waals surface area contributed by atoms with E-state index >= 15 is 0 Å². The molecule has 0 heterocycles. The summed E-state index contributed by atoms with van der Waals surface area (Å²) in [6.45, 7) is 9.39. The fraction of sp³-hybridized carbons (Fsp3) is 0.214. The van der Waals surface area contributed by atoms with Gasteiger partial charge in [-0.3, -0.25) is 4.79 Å². The lowest BCUT2D eigenvalue weighted by atomic mass is 9.98. The average molecular weight is 200 g/mol. The first kappa shape index (κ1) is 11.4. The number of carbonyl (C=O) groups excluding carboxylic acids is 1. The number of rotatable bonds is 3. The third-order valence-corrected chi connectivity index (χ3v) is 2.17. The molecule has 1 aromatic carbocycles. The van der Waals surface area contributed by atoms with Crippen LogP contribution in [0.1, 0.15) is 25.0 Å². The van der Waals surface area contributed by atoms with E-state index in [2.05, 4.69) is 6.58 Å². The van der Waals surface area contributed by atoms with Gasteiger partial charge in [-0.25, -0.2) is 0 Å². The monoisotopic (exact) mass is 200 g/mol. The van der Waals surface area contributed by atoms with E-state index < -0.39 is 0 Å². The standard InChI is InChI=1S/C14H16O/c1-10(2)14(9-12(4)15)13-7-5-11(3)6-8-13/h5-9H,1H2,2-4H3/b14-9+. The van der Waals surface area contributed by atoms with Crippen LogP contribution in [-0.4, -0.2) is 5.78 Å². The van der Waals surface area contributed by atoms with Gasteiger partial charge in [-0.2, -0.15) is 0 Å². The predicted octanol–water partition coefficient (Wildman–Crippen LogP) is 3.54. The molecule has 15 heavy (non-hydrogen) atoms. The second-order valence-corrected chi connectivity index (χ2v) is 3.82. The van der Waals surface area contributed by atoms with Crippen molar-refractivity contribution in [3.05, 3.63) is 53.6 Å². The second-order valence-electron chi connectivity index (χ2n) is 3.82. The summed E-state index contributed by atoms with van der Waals surface area (Å²) in [6.07, 6.45) is 1.63. The van der Waals surface area contributed by atoms with Crippen LogP contribution in [-0.2, 0) is 4.79 Å². The molecular formula is C14H16O. The molecule has 0 atom stereocenters. The Balaban J connectivity index is 3.16. The van der Waals surface area contributed by atoms with Gasteiger partial charge in [0.25, 0.3) is 0 Å². The van der Waals surface area contributed by atoms with Gasteiger partial charge in [-0.15, -0.1) is 0 Å². The number of hydrogen-bond donors (Lipinski definition) is 0. The van der Waals surface area contributed by atoms with Gasteiger partial charge >= 0.3 is 0 Å². The Kier molecular flexibility index (Phi) is 3.62. The first-order valence-corrected chi connectivity index (χ1v) is 4.96. The van der Waals surface area contributed by atoms with Gasteiger partial charge < -0.3 is 0 Å². The van der Waals surface area contributed by atoms with Crippen molar-refractivity contribution in [2.45, 2.75) is 20.8 Å². The third kappa shape index (κ3) is 3.21. The maximum atomic E-state index is 11.1. The van der Waals surface area contributed by atoms with Crippen LogP contribution in [0.15, 0.2) is 42.5 Å². The zero-order chi connectivity index (χ0) is 11.4. The summed E-state index contributed by atoms with van der Waals surface area (Å²) in [6, 6.07) is 8.09. The molecule has 0 aliphatic rings. The molecule has 0 N–H and O–H groups in total. The Morgan fingerprint density at radius 2 is 1.73 bits per heavy atom. The molecule has 0 saturated heterocycles. The van der Waals surface area contributed by atoms with Crippen LogP contribution in [0.4, 0.5) is 0 Å². The first-order chi connectivity index (χ1) is 7.00. The summed E-state index contributed by atoms with van der Waals surface area (Å²) in [5.74, 6) is 0.0496. The van der Waals surface area contributed by atoms with Gasteiger partial charge in [0.05, 0.1) is 0 Å². The molecule has 1 aromatic rings. The Morgan fingerprint density at radius 3 is 2.13 bits per heavy atom. The van der Waals surface area contributed by atoms with Crippen molar-refractivity contribution < 1.29 is 4.79 Å². The van der Waals surface area contributed by atoms with Gasteiger partial charge in [0.15, 0.2) is 5.78 Å². The van der Waals surface area contributed by atoms with Gasteiger partial charge in [0.1, 0.15) is 0 Å². The summed E-state index contributed by atoms with van der Waals surface area (Å²) < 4.78 is 0. The minimum atomic E-state index is 0.0496. The van der Waals surface area contributed by atoms with Crippen molar-refractivity contribution in [2.75, 3.05) is 0 Å². The van der Waals surface area contributed by atoms with E-state index in [1.165, 1.54) is 5.56 Å². The number of hydrogen-bond acceptors (Lipinski definition) is 1. The number of allylic oxidation sites excluding steroid dienone is 3. The highest BCUT2D eigenvalue weighted by Crippen LogP contribution is 2.21. The van der Waals surface area contributed by atoms with Crippen molar-refractivity contribution in [2.24, 2.45) is 0 Å². The number of carbonyl (C=O) groups is 1. The van der Waals surface area contributed by atoms with Crippen molar-refractivity contribution in [3.8, 4) is 0 Å². The Hall–Kier alpha value is -1.63. The van der Waals surface area contributed by atoms with Gasteiger partial charge in [-0.1, -0.05) is 42.0 Å². The van der Waals surface area contributed by atoms with Gasteiger partial charge in [-0.05, 0) is 38.0 Å². The van der Waals surface area contributed by atoms with Gasteiger partial charge in [0, 0.05) is 0 Å². The van der Waals surface area contributed by atoms with E-state index in [4.69, 9.17) is 0 Å². The molecule has 0 aliphatic heterocycles. The molecule has 78 valence electrons. The molecule has 0 saturated carbocycles. The lowest BCUT2D eigenvalue weighted by Gasteiger charge is -2.07. The summed E-state index contributed by atoms with van der Waals surface area (Å²) in [5, 5.41) is 0. The van der Waals surface area contributed by atoms with E-state index in [0.29, 0.717) is 0 Å². The predicted molar refractivity (Wildman–Crippen MR) is 64.7 cm³/mol. The van der Waals surface area contributed by atoms with Crippen molar-refractivity contribution in [1.29, 1.82) is 0 Å². The molecule has 0 spiro atoms. The topological polar surface area (TPSA) is 17.1 Å². The average Bonchev–Trinajstić information content (AvgIpc) is 2.15. The summed E-state index contributed by atoms with van der Waals surface area (Å²) >= 11 is 0. The van der Waals surface area contributed by atoms with E-state index in [1.807, 2.05) is 38.1 Å². The quantitative estimate of drug-likeness (QED) is 0.538. The molecule has 0 aliphatic carbocycles. The Morgan fingerprint density at radius 1 is 1.20 bits per heavy atom. The second kappa shape index (κ2) is 4.74. The zero-order valence-corrected chi connectivity index (χ0v) is 9.50. The first-order valence-electron chi connectivity index (χ1n) is 4.96. The fourth-order valence-electron chi connectivity index (χ4n) is 1.39. The maximum absolute atomic E-state index is 11.1. The number of benzene rings is 1. The molecule has 1 rings (SSSR count). The largest absolute Gasteiger partial charge is 0.295 e. The highest BCUT2D eigenvalue weighted by atomic mass is 16.1. The summed E-state index contributed by atoms with van der Waals surface area (Å²) in [7, 11) is 0. The van der Waals surface area contributed by atoms with Crippen LogP contribution in [0.2, 0.25) is 0 Å². The molecule has 1 heteroatoms. The van der Waals surface area contributed by atoms with Crippen LogP contribution in [0, 0.1) is 6.92 Å². The van der Waals surface area contributed by atoms with Crippen LogP contribution in [0.5, 0.6) is 0 Å². The maximum Gasteiger partial charge on any atom is 0.153 e. The van der Waals surface area contributed by atoms with Gasteiger partial charge in [0.2, 0.25) is 0 Å². The third-order valence-electron chi connectivity index (χ3n) is 2.17. The van der Waals surface area contributed by atoms with E-state index in [1.54, 1.807) is 13.0 Å². The zero-order valence-electron chi connectivity index (χ0n) is 9.50. The summed E-state index contributed by atoms with van der Waals surface area (Å²) in [4.78, 5) is 11.1. The molecule has 0 radical (unpaired) electrons. The smallest absolute Gasteiger partial charge is 0.153 e. The summed E-state index contributed by atoms with van der Waals surface area (Å²) in [5.41, 5.74) is 4.09. The van der Waals surface area contributed by atoms with Crippen molar-refractivity contribution >= 4 is 11.4 Å². The van der Waals surface area contributed by atoms with Crippen LogP contribution in [0.25, 0.3) is 5.57 Å². The SMILES string of the molecule is C=C(C)/C(=C\C(C)=O)c1ccc(C)cc1. The molecule has 0 amide bonds. The minimum Gasteiger partial charge on any atom is -0.295 e. The van der Waals surface area contributed by atoms with Crippen molar-refractivity contribution in [3.63, 3.8) is 0 Å². The number of aryl methyl sites for hydroxylation is 1. The highest BCUT2D eigenvalue weighted by Gasteiger charge is 2.03. The lowest BCUT2D eigenvalue weighted by molar-refractivity contribution is -0.112. The minimum absolute atomic E-state index is 0.0496. The van der Waals surface area contributed by atoms with Crippen LogP contribution < -0.4 is 0 Å². The van der Waals surface area contributed by atoms with E-state index in [9.17, 15) is 4.79 Å². The highest BCUT2D eigenvalue weighted by molar-refractivity contribution is 5.98. The Labute approximate surface area is 91.1 Å². The normalized spacial score (nSPS) is 11.3. The van der Waals surface area contributed by atoms with E-state index in [0.717, 1.165) is 16.7 Å². The van der Waals surface area contributed by atoms with E-state index in [-0.39, 0.29) is 5.78 Å². The fourth-order valence-corrected chi connectivity index (χ4v) is 1.39. The molecular weight excluding hydrogens is 184 g/mol. The molecule has 0 fully saturated rings. The van der Waals surface area contributed by atoms with Crippen LogP contribution in [0.3, 0.4) is 0 Å². The molecule has 0 unspecified atom stereocenters. The molecule has 0 aromatic heterocycles. The Bertz CT molecular complexity index is 407.